The van der Waals surface area contributed by atoms with Crippen LogP contribution in [0.25, 0.3) is 36.0 Å². The van der Waals surface area contributed by atoms with E-state index in [0.29, 0.717) is 0 Å². The minimum atomic E-state index is -0.0307. The van der Waals surface area contributed by atoms with Crippen LogP contribution in [0.15, 0.2) is 108 Å². The number of allylic oxidation sites excluding steroid dienone is 12. The summed E-state index contributed by atoms with van der Waals surface area (Å²) in [5.74, 6) is 5.11. The first-order valence-corrected chi connectivity index (χ1v) is 17.2. The molecule has 0 saturated heterocycles. The lowest BCUT2D eigenvalue weighted by Gasteiger charge is -2.33. The fourth-order valence-electron chi connectivity index (χ4n) is 8.63. The van der Waals surface area contributed by atoms with E-state index in [1.807, 2.05) is 0 Å². The van der Waals surface area contributed by atoms with Crippen LogP contribution in [0, 0.1) is 11.8 Å². The smallest absolute Gasteiger partial charge is 0.160 e. The van der Waals surface area contributed by atoms with Gasteiger partial charge in [0, 0.05) is 35.3 Å². The van der Waals surface area contributed by atoms with E-state index in [4.69, 9.17) is 19.7 Å². The molecule has 0 amide bonds. The minimum Gasteiger partial charge on any atom is -0.465 e. The van der Waals surface area contributed by atoms with Gasteiger partial charge in [-0.1, -0.05) is 115 Å². The zero-order chi connectivity index (χ0) is 30.9. The third kappa shape index (κ3) is 4.38. The fraction of sp³-hybridized carbons (Fsp3) is 0.233. The molecule has 7 aliphatic rings. The zero-order valence-electron chi connectivity index (χ0n) is 26.2. The number of benzene rings is 2. The van der Waals surface area contributed by atoms with Crippen molar-refractivity contribution < 1.29 is 4.74 Å². The fourth-order valence-corrected chi connectivity index (χ4v) is 8.63. The first-order valence-electron chi connectivity index (χ1n) is 17.2. The van der Waals surface area contributed by atoms with Crippen molar-refractivity contribution in [2.24, 2.45) is 11.8 Å². The van der Waals surface area contributed by atoms with E-state index in [-0.39, 0.29) is 29.6 Å². The molecule has 0 N–H and O–H groups in total. The van der Waals surface area contributed by atoms with Crippen LogP contribution in [0.2, 0.25) is 0 Å². The second-order valence-corrected chi connectivity index (χ2v) is 13.6. The molecule has 5 atom stereocenters. The summed E-state index contributed by atoms with van der Waals surface area (Å²) in [6.07, 6.45) is 37.0. The Kier molecular flexibility index (Phi) is 6.18. The summed E-state index contributed by atoms with van der Waals surface area (Å²) >= 11 is 0. The molecule has 2 heterocycles. The van der Waals surface area contributed by atoms with E-state index in [2.05, 4.69) is 121 Å². The quantitative estimate of drug-likeness (QED) is 0.358. The Bertz CT molecular complexity index is 2350. The van der Waals surface area contributed by atoms with E-state index in [1.54, 1.807) is 0 Å². The van der Waals surface area contributed by atoms with Crippen LogP contribution < -0.4 is 20.9 Å². The number of fused-ring (bicyclic) bond motifs is 8. The molecule has 0 bridgehead atoms. The molecule has 3 aromatic rings. The van der Waals surface area contributed by atoms with Gasteiger partial charge in [0.25, 0.3) is 0 Å². The van der Waals surface area contributed by atoms with Crippen LogP contribution >= 0.6 is 0 Å². The maximum Gasteiger partial charge on any atom is 0.160 e. The molecule has 0 saturated carbocycles. The Morgan fingerprint density at radius 3 is 2.60 bits per heavy atom. The Hall–Kier alpha value is -5.09. The lowest BCUT2D eigenvalue weighted by molar-refractivity contribution is 0.286. The van der Waals surface area contributed by atoms with Crippen molar-refractivity contribution in [1.82, 2.24) is 15.0 Å². The predicted molar refractivity (Wildman–Crippen MR) is 188 cm³/mol. The molecule has 1 aliphatic heterocycles. The van der Waals surface area contributed by atoms with Crippen molar-refractivity contribution in [3.63, 3.8) is 0 Å². The van der Waals surface area contributed by atoms with Crippen molar-refractivity contribution in [3.8, 4) is 0 Å². The van der Waals surface area contributed by atoms with Gasteiger partial charge in [-0.3, -0.25) is 0 Å². The second kappa shape index (κ2) is 10.7. The molecular weight excluding hydrogens is 574 g/mol. The van der Waals surface area contributed by atoms with Crippen LogP contribution in [0.3, 0.4) is 0 Å². The van der Waals surface area contributed by atoms with Gasteiger partial charge in [-0.05, 0) is 63.8 Å². The van der Waals surface area contributed by atoms with Gasteiger partial charge >= 0.3 is 0 Å². The highest BCUT2D eigenvalue weighted by molar-refractivity contribution is 5.77. The van der Waals surface area contributed by atoms with Crippen LogP contribution in [-0.2, 0) is 4.74 Å². The van der Waals surface area contributed by atoms with Crippen LogP contribution in [0.4, 0.5) is 0 Å². The van der Waals surface area contributed by atoms with Crippen LogP contribution in [0.1, 0.15) is 78.5 Å². The summed E-state index contributed by atoms with van der Waals surface area (Å²) < 4.78 is 6.43. The highest BCUT2D eigenvalue weighted by Crippen LogP contribution is 2.49. The summed E-state index contributed by atoms with van der Waals surface area (Å²) in [5, 5.41) is 5.24. The Morgan fingerprint density at radius 2 is 1.62 bits per heavy atom. The molecular formula is C43H35N3O. The highest BCUT2D eigenvalue weighted by Gasteiger charge is 2.41. The lowest BCUT2D eigenvalue weighted by Crippen LogP contribution is -2.33. The van der Waals surface area contributed by atoms with Crippen molar-refractivity contribution in [3.05, 3.63) is 158 Å². The zero-order valence-corrected chi connectivity index (χ0v) is 26.2. The molecule has 0 spiro atoms. The van der Waals surface area contributed by atoms with Crippen molar-refractivity contribution >= 4 is 36.0 Å². The van der Waals surface area contributed by atoms with Crippen molar-refractivity contribution in [2.75, 3.05) is 0 Å². The lowest BCUT2D eigenvalue weighted by atomic mass is 9.72. The van der Waals surface area contributed by atoms with Crippen LogP contribution in [0.5, 0.6) is 0 Å². The normalized spacial score (nSPS) is 27.2. The average molecular weight is 610 g/mol. The summed E-state index contributed by atoms with van der Waals surface area (Å²) in [5.41, 5.74) is 5.15. The SMILES string of the molecule is C1=CC2C=Cc3c(ccc4c3=CCCC=4)C2C(c2nc(C3C=c4ccccc4=CC3)nc(C3C=CC=C4OC5=C(C=CCC5)C43)n2)=C1. The molecule has 0 fully saturated rings. The van der Waals surface area contributed by atoms with Gasteiger partial charge in [0.1, 0.15) is 23.2 Å². The molecule has 1 aromatic heterocycles. The number of ether oxygens (including phenoxy) is 1. The van der Waals surface area contributed by atoms with Gasteiger partial charge < -0.3 is 4.74 Å². The molecule has 5 unspecified atom stereocenters. The van der Waals surface area contributed by atoms with E-state index in [1.165, 1.54) is 43.1 Å². The largest absolute Gasteiger partial charge is 0.465 e. The topological polar surface area (TPSA) is 47.9 Å². The number of hydrogen-bond donors (Lipinski definition) is 0. The molecule has 228 valence electrons. The first-order chi connectivity index (χ1) is 23.3. The van der Waals surface area contributed by atoms with Gasteiger partial charge in [0.05, 0.1) is 11.8 Å². The van der Waals surface area contributed by atoms with Crippen molar-refractivity contribution in [2.45, 2.75) is 49.9 Å². The Balaban J connectivity index is 1.14. The van der Waals surface area contributed by atoms with Crippen molar-refractivity contribution in [1.29, 1.82) is 0 Å². The average Bonchev–Trinajstić information content (AvgIpc) is 3.53. The van der Waals surface area contributed by atoms with Crippen LogP contribution in [-0.4, -0.2) is 15.0 Å². The summed E-state index contributed by atoms with van der Waals surface area (Å²) in [7, 11) is 0. The number of hydrogen-bond acceptors (Lipinski definition) is 4. The monoisotopic (exact) mass is 609 g/mol. The standard InChI is InChI=1S/C43H35N3O/c1-2-11-29-25-30(20-19-26(29)9-1)41-44-42(46-43(45-41)36-16-8-18-38-40(36)34-14-5-6-17-37(34)47-38)35-15-7-12-28-22-23-32-31-13-4-3-10-27(31)21-24-33(32)39(28)35/h1-2,5,7-16,18-19,21-25,28,30,36,39-40H,3-4,6,17,20H2. The Morgan fingerprint density at radius 1 is 0.723 bits per heavy atom. The van der Waals surface area contributed by atoms with E-state index >= 15 is 0 Å². The summed E-state index contributed by atoms with van der Waals surface area (Å²) in [6, 6.07) is 13.3. The Labute approximate surface area is 274 Å². The number of rotatable bonds is 3. The molecule has 6 aliphatic carbocycles. The predicted octanol–water partition coefficient (Wildman–Crippen LogP) is 6.14. The molecule has 4 nitrogen and oxygen atoms in total. The van der Waals surface area contributed by atoms with E-state index in [9.17, 15) is 0 Å². The minimum absolute atomic E-state index is 0.0307. The van der Waals surface area contributed by atoms with Gasteiger partial charge in [-0.15, -0.1) is 0 Å². The van der Waals surface area contributed by atoms with Gasteiger partial charge in [-0.2, -0.15) is 0 Å². The summed E-state index contributed by atoms with van der Waals surface area (Å²) in [4.78, 5) is 16.1. The maximum atomic E-state index is 6.43. The molecule has 0 radical (unpaired) electrons. The molecule has 4 heteroatoms. The van der Waals surface area contributed by atoms with Gasteiger partial charge in [0.2, 0.25) is 0 Å². The molecule has 10 rings (SSSR count). The summed E-state index contributed by atoms with van der Waals surface area (Å²) in [6.45, 7) is 0. The maximum absolute atomic E-state index is 6.43. The third-order valence-corrected chi connectivity index (χ3v) is 10.9. The molecule has 47 heavy (non-hydrogen) atoms. The highest BCUT2D eigenvalue weighted by atomic mass is 16.5. The van der Waals surface area contributed by atoms with E-state index < -0.39 is 0 Å². The van der Waals surface area contributed by atoms with E-state index in [0.717, 1.165) is 61.1 Å². The second-order valence-electron chi connectivity index (χ2n) is 13.6. The molecule has 2 aromatic carbocycles. The first kappa shape index (κ1) is 27.1. The number of aromatic nitrogens is 3. The van der Waals surface area contributed by atoms with Gasteiger partial charge in [-0.25, -0.2) is 15.0 Å². The number of nitrogens with zero attached hydrogens (tertiary/aromatic N) is 3. The third-order valence-electron chi connectivity index (χ3n) is 10.9. The van der Waals surface area contributed by atoms with Gasteiger partial charge in [0.15, 0.2) is 5.82 Å².